The van der Waals surface area contributed by atoms with Gasteiger partial charge in [0.1, 0.15) is 0 Å². The van der Waals surface area contributed by atoms with E-state index in [4.69, 9.17) is 11.6 Å². The zero-order valence-corrected chi connectivity index (χ0v) is 11.4. The molecular weight excluding hydrogens is 246 g/mol. The van der Waals surface area contributed by atoms with E-state index in [0.717, 1.165) is 35.8 Å². The summed E-state index contributed by atoms with van der Waals surface area (Å²) in [6.07, 6.45) is 8.82. The summed E-state index contributed by atoms with van der Waals surface area (Å²) >= 11 is 6.20. The minimum absolute atomic E-state index is 0.764. The molecule has 2 fully saturated rings. The first-order valence-corrected chi connectivity index (χ1v) is 7.30. The fourth-order valence-electron chi connectivity index (χ4n) is 3.28. The Kier molecular flexibility index (Phi) is 3.71. The third-order valence-electron chi connectivity index (χ3n) is 4.30. The molecule has 0 aliphatic carbocycles. The van der Waals surface area contributed by atoms with Crippen LogP contribution in [0.3, 0.4) is 0 Å². The summed E-state index contributed by atoms with van der Waals surface area (Å²) < 4.78 is 0. The van der Waals surface area contributed by atoms with Crippen molar-refractivity contribution in [1.82, 2.24) is 10.3 Å². The van der Waals surface area contributed by atoms with E-state index in [1.165, 1.54) is 32.2 Å². The van der Waals surface area contributed by atoms with E-state index >= 15 is 0 Å². The van der Waals surface area contributed by atoms with E-state index in [2.05, 4.69) is 15.2 Å². The Morgan fingerprint density at radius 3 is 2.78 bits per heavy atom. The summed E-state index contributed by atoms with van der Waals surface area (Å²) in [6, 6.07) is 2.79. The molecule has 18 heavy (non-hydrogen) atoms. The molecular formula is C14H20ClN3. The Labute approximate surface area is 114 Å². The Hall–Kier alpha value is -0.800. The van der Waals surface area contributed by atoms with Gasteiger partial charge in [-0.2, -0.15) is 0 Å². The summed E-state index contributed by atoms with van der Waals surface area (Å²) in [6.45, 7) is 3.44. The van der Waals surface area contributed by atoms with E-state index in [1.807, 2.05) is 12.3 Å². The number of rotatable bonds is 2. The van der Waals surface area contributed by atoms with Crippen LogP contribution in [0.1, 0.15) is 25.7 Å². The maximum Gasteiger partial charge on any atom is 0.0822 e. The first-order chi connectivity index (χ1) is 8.84. The highest BCUT2D eigenvalue weighted by Crippen LogP contribution is 2.31. The van der Waals surface area contributed by atoms with Gasteiger partial charge in [0.25, 0.3) is 0 Å². The highest BCUT2D eigenvalue weighted by Gasteiger charge is 2.28. The van der Waals surface area contributed by atoms with Crippen molar-refractivity contribution in [2.24, 2.45) is 5.92 Å². The predicted octanol–water partition coefficient (Wildman–Crippen LogP) is 2.70. The van der Waals surface area contributed by atoms with E-state index in [1.54, 1.807) is 6.20 Å². The molecule has 4 heteroatoms. The minimum Gasteiger partial charge on any atom is -0.370 e. The molecule has 0 radical (unpaired) electrons. The maximum absolute atomic E-state index is 6.20. The van der Waals surface area contributed by atoms with Crippen LogP contribution in [-0.2, 0) is 0 Å². The molecule has 3 heterocycles. The lowest BCUT2D eigenvalue weighted by Crippen LogP contribution is -2.41. The average molecular weight is 266 g/mol. The van der Waals surface area contributed by atoms with Gasteiger partial charge in [0, 0.05) is 31.5 Å². The molecule has 1 aromatic heterocycles. The van der Waals surface area contributed by atoms with Gasteiger partial charge in [-0.15, -0.1) is 0 Å². The average Bonchev–Trinajstić information content (AvgIpc) is 2.94. The highest BCUT2D eigenvalue weighted by atomic mass is 35.5. The van der Waals surface area contributed by atoms with Gasteiger partial charge in [-0.1, -0.05) is 11.6 Å². The molecule has 0 saturated carbocycles. The predicted molar refractivity (Wildman–Crippen MR) is 75.2 cm³/mol. The fraction of sp³-hybridized carbons (Fsp3) is 0.643. The molecule has 1 atom stereocenters. The smallest absolute Gasteiger partial charge is 0.0822 e. The molecule has 0 spiro atoms. The summed E-state index contributed by atoms with van der Waals surface area (Å²) in [5.41, 5.74) is 1.14. The van der Waals surface area contributed by atoms with Crippen molar-refractivity contribution in [3.8, 4) is 0 Å². The third kappa shape index (κ3) is 2.47. The molecule has 0 amide bonds. The monoisotopic (exact) mass is 265 g/mol. The van der Waals surface area contributed by atoms with Gasteiger partial charge in [-0.25, -0.2) is 0 Å². The number of pyridine rings is 1. The minimum atomic E-state index is 0.764. The fourth-order valence-corrected chi connectivity index (χ4v) is 3.52. The van der Waals surface area contributed by atoms with Crippen molar-refractivity contribution in [2.75, 3.05) is 24.5 Å². The van der Waals surface area contributed by atoms with Crippen LogP contribution in [-0.4, -0.2) is 30.7 Å². The lowest BCUT2D eigenvalue weighted by Gasteiger charge is -2.36. The zero-order chi connectivity index (χ0) is 12.4. The Balaban J connectivity index is 1.61. The van der Waals surface area contributed by atoms with Crippen molar-refractivity contribution in [3.05, 3.63) is 23.5 Å². The SMILES string of the molecule is Clc1cnccc1N1CCC(C2CCCN2)CC1. The Morgan fingerprint density at radius 2 is 2.11 bits per heavy atom. The number of hydrogen-bond acceptors (Lipinski definition) is 3. The van der Waals surface area contributed by atoms with E-state index in [9.17, 15) is 0 Å². The van der Waals surface area contributed by atoms with Gasteiger partial charge in [-0.05, 0) is 44.2 Å². The van der Waals surface area contributed by atoms with Crippen molar-refractivity contribution in [3.63, 3.8) is 0 Å². The molecule has 3 rings (SSSR count). The van der Waals surface area contributed by atoms with Crippen molar-refractivity contribution in [1.29, 1.82) is 0 Å². The van der Waals surface area contributed by atoms with E-state index < -0.39 is 0 Å². The quantitative estimate of drug-likeness (QED) is 0.891. The summed E-state index contributed by atoms with van der Waals surface area (Å²) in [5.74, 6) is 0.851. The number of piperidine rings is 1. The first-order valence-electron chi connectivity index (χ1n) is 6.92. The van der Waals surface area contributed by atoms with Crippen LogP contribution >= 0.6 is 11.6 Å². The molecule has 3 nitrogen and oxygen atoms in total. The van der Waals surface area contributed by atoms with Gasteiger partial charge in [0.05, 0.1) is 10.7 Å². The summed E-state index contributed by atoms with van der Waals surface area (Å²) in [7, 11) is 0. The third-order valence-corrected chi connectivity index (χ3v) is 4.59. The van der Waals surface area contributed by atoms with Gasteiger partial charge < -0.3 is 10.2 Å². The number of aromatic nitrogens is 1. The second kappa shape index (κ2) is 5.45. The van der Waals surface area contributed by atoms with Crippen molar-refractivity contribution in [2.45, 2.75) is 31.7 Å². The molecule has 0 bridgehead atoms. The number of anilines is 1. The van der Waals surface area contributed by atoms with E-state index in [-0.39, 0.29) is 0 Å². The molecule has 2 aliphatic rings. The first kappa shape index (κ1) is 12.2. The standard InChI is InChI=1S/C14H20ClN3/c15-12-10-16-7-3-14(12)18-8-4-11(5-9-18)13-2-1-6-17-13/h3,7,10-11,13,17H,1-2,4-6,8-9H2. The van der Waals surface area contributed by atoms with Gasteiger partial charge in [0.15, 0.2) is 0 Å². The van der Waals surface area contributed by atoms with E-state index in [0.29, 0.717) is 0 Å². The van der Waals surface area contributed by atoms with Gasteiger partial charge in [-0.3, -0.25) is 4.98 Å². The zero-order valence-electron chi connectivity index (χ0n) is 10.6. The van der Waals surface area contributed by atoms with Gasteiger partial charge >= 0.3 is 0 Å². The van der Waals surface area contributed by atoms with Crippen molar-refractivity contribution >= 4 is 17.3 Å². The number of halogens is 1. The maximum atomic E-state index is 6.20. The normalized spacial score (nSPS) is 25.6. The molecule has 0 aromatic carbocycles. The highest BCUT2D eigenvalue weighted by molar-refractivity contribution is 6.33. The summed E-state index contributed by atoms with van der Waals surface area (Å²) in [5, 5.41) is 4.41. The topological polar surface area (TPSA) is 28.2 Å². The van der Waals surface area contributed by atoms with Crippen LogP contribution in [0.5, 0.6) is 0 Å². The molecule has 2 saturated heterocycles. The molecule has 1 unspecified atom stereocenters. The lowest BCUT2D eigenvalue weighted by atomic mass is 9.88. The largest absolute Gasteiger partial charge is 0.370 e. The Bertz CT molecular complexity index is 396. The van der Waals surface area contributed by atoms with Crippen LogP contribution < -0.4 is 10.2 Å². The summed E-state index contributed by atoms with van der Waals surface area (Å²) in [4.78, 5) is 6.45. The molecule has 1 aromatic rings. The van der Waals surface area contributed by atoms with Crippen LogP contribution in [0.25, 0.3) is 0 Å². The molecule has 2 aliphatic heterocycles. The number of nitrogens with zero attached hydrogens (tertiary/aromatic N) is 2. The molecule has 1 N–H and O–H groups in total. The lowest BCUT2D eigenvalue weighted by molar-refractivity contribution is 0.319. The number of hydrogen-bond donors (Lipinski definition) is 1. The number of nitrogens with one attached hydrogen (secondary N) is 1. The van der Waals surface area contributed by atoms with Gasteiger partial charge in [0.2, 0.25) is 0 Å². The second-order valence-electron chi connectivity index (χ2n) is 5.35. The second-order valence-corrected chi connectivity index (χ2v) is 5.76. The van der Waals surface area contributed by atoms with Crippen LogP contribution in [0.15, 0.2) is 18.5 Å². The van der Waals surface area contributed by atoms with Crippen molar-refractivity contribution < 1.29 is 0 Å². The van der Waals surface area contributed by atoms with Crippen LogP contribution in [0.2, 0.25) is 5.02 Å². The Morgan fingerprint density at radius 1 is 1.28 bits per heavy atom. The van der Waals surface area contributed by atoms with Crippen LogP contribution in [0, 0.1) is 5.92 Å². The van der Waals surface area contributed by atoms with Crippen LogP contribution in [0.4, 0.5) is 5.69 Å². The molecule has 98 valence electrons.